The van der Waals surface area contributed by atoms with Crippen molar-refractivity contribution < 1.29 is 33.3 Å². The Bertz CT molecular complexity index is 697. The van der Waals surface area contributed by atoms with E-state index in [4.69, 9.17) is 18.9 Å². The van der Waals surface area contributed by atoms with Gasteiger partial charge in [0.2, 0.25) is 0 Å². The van der Waals surface area contributed by atoms with Crippen molar-refractivity contribution in [3.63, 3.8) is 0 Å². The van der Waals surface area contributed by atoms with Gasteiger partial charge in [-0.2, -0.15) is 0 Å². The van der Waals surface area contributed by atoms with E-state index in [1.807, 2.05) is 0 Å². The van der Waals surface area contributed by atoms with Crippen molar-refractivity contribution in [2.24, 2.45) is 0 Å². The van der Waals surface area contributed by atoms with Gasteiger partial charge in [0.25, 0.3) is 0 Å². The lowest BCUT2D eigenvalue weighted by molar-refractivity contribution is -0.112. The van der Waals surface area contributed by atoms with Crippen LogP contribution in [-0.4, -0.2) is 37.9 Å². The largest absolute Gasteiger partial charge is 0.513 e. The van der Waals surface area contributed by atoms with Gasteiger partial charge in [-0.1, -0.05) is 6.07 Å². The van der Waals surface area contributed by atoms with Gasteiger partial charge in [-0.3, -0.25) is 4.79 Å². The summed E-state index contributed by atoms with van der Waals surface area (Å²) in [5.74, 6) is 0.0615. The quantitative estimate of drug-likeness (QED) is 0.396. The third-order valence-electron chi connectivity index (χ3n) is 3.16. The minimum atomic E-state index is -0.901. The zero-order valence-corrected chi connectivity index (χ0v) is 16.0. The molecule has 0 spiro atoms. The molecule has 1 rings (SSSR count). The van der Waals surface area contributed by atoms with Gasteiger partial charge in [-0.15, -0.1) is 0 Å². The molecule has 0 aliphatic heterocycles. The minimum absolute atomic E-state index is 0.0365. The Morgan fingerprint density at radius 1 is 0.963 bits per heavy atom. The number of carbonyl (C=O) groups is 3. The molecule has 0 saturated heterocycles. The number of nitrogens with one attached hydrogen (secondary N) is 1. The first-order valence-corrected chi connectivity index (χ1v) is 8.60. The summed E-state index contributed by atoms with van der Waals surface area (Å²) in [6.45, 7) is 7.44. The van der Waals surface area contributed by atoms with Crippen LogP contribution in [0.3, 0.4) is 0 Å². The predicted molar refractivity (Wildman–Crippen MR) is 97.9 cm³/mol. The van der Waals surface area contributed by atoms with E-state index >= 15 is 0 Å². The molecule has 1 N–H and O–H groups in total. The number of rotatable bonds is 9. The third kappa shape index (κ3) is 8.75. The molecule has 0 radical (unpaired) electrons. The minimum Gasteiger partial charge on any atom is -0.434 e. The van der Waals surface area contributed by atoms with Gasteiger partial charge in [0.1, 0.15) is 0 Å². The number of allylic oxidation sites excluding steroid dienone is 2. The number of benzene rings is 1. The van der Waals surface area contributed by atoms with Crippen LogP contribution in [0.1, 0.15) is 33.3 Å². The van der Waals surface area contributed by atoms with Crippen LogP contribution in [0.5, 0.6) is 11.5 Å². The summed E-state index contributed by atoms with van der Waals surface area (Å²) in [5, 5.41) is 3.11. The summed E-state index contributed by atoms with van der Waals surface area (Å²) in [6.07, 6.45) is 0.292. The normalized spacial score (nSPS) is 10.7. The van der Waals surface area contributed by atoms with E-state index in [1.54, 1.807) is 32.9 Å². The van der Waals surface area contributed by atoms with E-state index < -0.39 is 12.3 Å². The maximum Gasteiger partial charge on any atom is 0.513 e. The number of carbonyl (C=O) groups excluding carboxylic acids is 3. The highest BCUT2D eigenvalue weighted by molar-refractivity contribution is 5.87. The second-order valence-electron chi connectivity index (χ2n) is 5.47. The van der Waals surface area contributed by atoms with Gasteiger partial charge < -0.3 is 24.3 Å². The van der Waals surface area contributed by atoms with Gasteiger partial charge >= 0.3 is 12.3 Å². The lowest BCUT2D eigenvalue weighted by Crippen LogP contribution is -2.16. The van der Waals surface area contributed by atoms with Crippen LogP contribution in [0.2, 0.25) is 0 Å². The molecule has 0 aromatic heterocycles. The van der Waals surface area contributed by atoms with Gasteiger partial charge in [0.15, 0.2) is 17.3 Å². The maximum absolute atomic E-state index is 11.6. The van der Waals surface area contributed by atoms with Crippen LogP contribution in [0.25, 0.3) is 0 Å². The van der Waals surface area contributed by atoms with Crippen LogP contribution < -0.4 is 14.8 Å². The molecular weight excluding hydrogens is 354 g/mol. The van der Waals surface area contributed by atoms with Gasteiger partial charge in [-0.05, 0) is 57.9 Å². The number of ketones is 1. The Labute approximate surface area is 158 Å². The Morgan fingerprint density at radius 2 is 1.56 bits per heavy atom. The van der Waals surface area contributed by atoms with Crippen molar-refractivity contribution in [1.29, 1.82) is 0 Å². The highest BCUT2D eigenvalue weighted by atomic mass is 16.7. The molecule has 8 heteroatoms. The summed E-state index contributed by atoms with van der Waals surface area (Å²) < 4.78 is 19.7. The number of hydrogen-bond acceptors (Lipinski definition) is 8. The fourth-order valence-electron chi connectivity index (χ4n) is 2.11. The highest BCUT2D eigenvalue weighted by Gasteiger charge is 2.16. The molecule has 0 amide bonds. The fourth-order valence-corrected chi connectivity index (χ4v) is 2.11. The van der Waals surface area contributed by atoms with Crippen molar-refractivity contribution >= 4 is 18.1 Å². The summed E-state index contributed by atoms with van der Waals surface area (Å²) in [4.78, 5) is 34.2. The van der Waals surface area contributed by atoms with Crippen LogP contribution in [0, 0.1) is 0 Å². The topological polar surface area (TPSA) is 100 Å². The van der Waals surface area contributed by atoms with E-state index in [0.29, 0.717) is 13.0 Å². The van der Waals surface area contributed by atoms with E-state index in [1.165, 1.54) is 19.1 Å². The fraction of sp³-hybridized carbons (Fsp3) is 0.421. The SMILES string of the molecule is CCOC(=O)Oc1ccc(CCN/C(C)=C/C(C)=O)cc1OC(=O)OCC. The summed E-state index contributed by atoms with van der Waals surface area (Å²) in [6, 6.07) is 4.83. The first-order chi connectivity index (χ1) is 12.8. The van der Waals surface area contributed by atoms with Crippen LogP contribution in [0.4, 0.5) is 9.59 Å². The molecule has 1 aromatic rings. The molecule has 0 saturated carbocycles. The van der Waals surface area contributed by atoms with E-state index in [9.17, 15) is 14.4 Å². The summed E-state index contributed by atoms with van der Waals surface area (Å²) in [5.41, 5.74) is 1.58. The molecule has 0 fully saturated rings. The zero-order chi connectivity index (χ0) is 20.2. The van der Waals surface area contributed by atoms with Crippen molar-refractivity contribution in [3.05, 3.63) is 35.5 Å². The smallest absolute Gasteiger partial charge is 0.434 e. The van der Waals surface area contributed by atoms with Crippen molar-refractivity contribution in [2.45, 2.75) is 34.1 Å². The second kappa shape index (κ2) is 11.6. The number of hydrogen-bond donors (Lipinski definition) is 1. The predicted octanol–water partition coefficient (Wildman–Crippen LogP) is 3.38. The molecule has 148 valence electrons. The van der Waals surface area contributed by atoms with Gasteiger partial charge in [0, 0.05) is 12.2 Å². The second-order valence-corrected chi connectivity index (χ2v) is 5.47. The first kappa shape index (κ1) is 22.0. The van der Waals surface area contributed by atoms with Crippen molar-refractivity contribution in [1.82, 2.24) is 5.32 Å². The lowest BCUT2D eigenvalue weighted by Gasteiger charge is -2.12. The van der Waals surface area contributed by atoms with Gasteiger partial charge in [0.05, 0.1) is 13.2 Å². The van der Waals surface area contributed by atoms with E-state index in [-0.39, 0.29) is 30.5 Å². The molecule has 1 aromatic carbocycles. The molecule has 27 heavy (non-hydrogen) atoms. The maximum atomic E-state index is 11.6. The first-order valence-electron chi connectivity index (χ1n) is 8.60. The van der Waals surface area contributed by atoms with Crippen molar-refractivity contribution in [3.8, 4) is 11.5 Å². The average Bonchev–Trinajstić information content (AvgIpc) is 2.57. The van der Waals surface area contributed by atoms with Crippen molar-refractivity contribution in [2.75, 3.05) is 19.8 Å². The zero-order valence-electron chi connectivity index (χ0n) is 16.0. The molecule has 0 heterocycles. The monoisotopic (exact) mass is 379 g/mol. The average molecular weight is 379 g/mol. The van der Waals surface area contributed by atoms with Crippen LogP contribution in [-0.2, 0) is 20.7 Å². The molecule has 0 aliphatic rings. The highest BCUT2D eigenvalue weighted by Crippen LogP contribution is 2.29. The van der Waals surface area contributed by atoms with Crippen LogP contribution >= 0.6 is 0 Å². The molecule has 8 nitrogen and oxygen atoms in total. The summed E-state index contributed by atoms with van der Waals surface area (Å²) in [7, 11) is 0. The van der Waals surface area contributed by atoms with Crippen LogP contribution in [0.15, 0.2) is 30.0 Å². The molecular formula is C19H25NO7. The molecule has 0 unspecified atom stereocenters. The third-order valence-corrected chi connectivity index (χ3v) is 3.16. The molecule has 0 aliphatic carbocycles. The number of ether oxygens (including phenoxy) is 4. The Kier molecular flexibility index (Phi) is 9.42. The Balaban J connectivity index is 2.86. The summed E-state index contributed by atoms with van der Waals surface area (Å²) >= 11 is 0. The lowest BCUT2D eigenvalue weighted by atomic mass is 10.1. The molecule has 0 bridgehead atoms. The standard InChI is InChI=1S/C19H25NO7/c1-5-24-18(22)26-16-8-7-15(9-10-20-13(3)11-14(4)21)12-17(16)27-19(23)25-6-2/h7-8,11-12,20H,5-6,9-10H2,1-4H3/b13-11+. The Morgan fingerprint density at radius 3 is 2.11 bits per heavy atom. The van der Waals surface area contributed by atoms with Gasteiger partial charge in [-0.25, -0.2) is 9.59 Å². The Hall–Kier alpha value is -3.03. The van der Waals surface area contributed by atoms with E-state index in [0.717, 1.165) is 11.3 Å². The van der Waals surface area contributed by atoms with E-state index in [2.05, 4.69) is 5.32 Å². The molecule has 0 atom stereocenters.